The topological polar surface area (TPSA) is 44.9 Å². The van der Waals surface area contributed by atoms with Crippen molar-refractivity contribution in [3.8, 4) is 0 Å². The van der Waals surface area contributed by atoms with Crippen molar-refractivity contribution in [2.24, 2.45) is 0 Å². The zero-order valence-electron chi connectivity index (χ0n) is 12.3. The quantitative estimate of drug-likeness (QED) is 0.537. The molecule has 1 atom stereocenters. The molecule has 0 saturated carbocycles. The van der Waals surface area contributed by atoms with Crippen LogP contribution in [0.3, 0.4) is 0 Å². The van der Waals surface area contributed by atoms with E-state index in [2.05, 4.69) is 34.6 Å². The Labute approximate surface area is 132 Å². The molecule has 1 amide bonds. The average Bonchev–Trinajstić information content (AvgIpc) is 3.11. The highest BCUT2D eigenvalue weighted by atomic mass is 16.2. The third-order valence-corrected chi connectivity index (χ3v) is 4.66. The van der Waals surface area contributed by atoms with E-state index in [0.717, 1.165) is 33.2 Å². The molecule has 1 unspecified atom stereocenters. The molecule has 2 N–H and O–H groups in total. The molecule has 3 nitrogen and oxygen atoms in total. The molecule has 2 heterocycles. The highest BCUT2D eigenvalue weighted by molar-refractivity contribution is 6.09. The van der Waals surface area contributed by atoms with E-state index in [1.165, 1.54) is 5.39 Å². The van der Waals surface area contributed by atoms with Gasteiger partial charge in [0, 0.05) is 27.5 Å². The Morgan fingerprint density at radius 3 is 2.52 bits per heavy atom. The maximum atomic E-state index is 12.5. The lowest BCUT2D eigenvalue weighted by Gasteiger charge is -2.09. The monoisotopic (exact) mass is 298 g/mol. The number of hydrogen-bond donors (Lipinski definition) is 2. The van der Waals surface area contributed by atoms with Crippen molar-refractivity contribution in [3.63, 3.8) is 0 Å². The summed E-state index contributed by atoms with van der Waals surface area (Å²) in [7, 11) is 0. The molecule has 0 aliphatic carbocycles. The van der Waals surface area contributed by atoms with Gasteiger partial charge in [-0.25, -0.2) is 0 Å². The van der Waals surface area contributed by atoms with Crippen LogP contribution >= 0.6 is 0 Å². The highest BCUT2D eigenvalue weighted by Crippen LogP contribution is 2.38. The Kier molecular flexibility index (Phi) is 2.42. The number of amides is 1. The van der Waals surface area contributed by atoms with Crippen LogP contribution in [0.2, 0.25) is 0 Å². The third kappa shape index (κ3) is 1.73. The van der Waals surface area contributed by atoms with Crippen molar-refractivity contribution in [2.45, 2.75) is 5.92 Å². The van der Waals surface area contributed by atoms with Crippen LogP contribution in [0.15, 0.2) is 66.7 Å². The van der Waals surface area contributed by atoms with E-state index in [4.69, 9.17) is 0 Å². The molecule has 1 aliphatic heterocycles. The van der Waals surface area contributed by atoms with Crippen LogP contribution in [0.1, 0.15) is 17.0 Å². The number of H-pyrrole nitrogens is 1. The molecule has 1 aliphatic rings. The minimum absolute atomic E-state index is 0.0467. The largest absolute Gasteiger partial charge is 0.355 e. The molecule has 110 valence electrons. The van der Waals surface area contributed by atoms with Gasteiger partial charge in [0.05, 0.1) is 5.92 Å². The van der Waals surface area contributed by atoms with Crippen LogP contribution in [-0.4, -0.2) is 10.9 Å². The highest BCUT2D eigenvalue weighted by Gasteiger charge is 2.31. The molecule has 5 rings (SSSR count). The van der Waals surface area contributed by atoms with Crippen LogP contribution in [0.5, 0.6) is 0 Å². The van der Waals surface area contributed by atoms with Gasteiger partial charge in [0.1, 0.15) is 0 Å². The fourth-order valence-electron chi connectivity index (χ4n) is 3.58. The molecular formula is C20H14N2O. The fourth-order valence-corrected chi connectivity index (χ4v) is 3.58. The number of aromatic nitrogens is 1. The molecule has 0 bridgehead atoms. The lowest BCUT2D eigenvalue weighted by atomic mass is 9.91. The molecule has 0 spiro atoms. The Balaban J connectivity index is 1.74. The summed E-state index contributed by atoms with van der Waals surface area (Å²) < 4.78 is 0. The molecule has 0 fully saturated rings. The van der Waals surface area contributed by atoms with E-state index >= 15 is 0 Å². The van der Waals surface area contributed by atoms with Gasteiger partial charge in [0.25, 0.3) is 0 Å². The van der Waals surface area contributed by atoms with Crippen LogP contribution in [0, 0.1) is 0 Å². The van der Waals surface area contributed by atoms with Crippen molar-refractivity contribution in [2.75, 3.05) is 5.32 Å². The lowest BCUT2D eigenvalue weighted by molar-refractivity contribution is -0.116. The molecular weight excluding hydrogens is 284 g/mol. The van der Waals surface area contributed by atoms with Gasteiger partial charge in [0.2, 0.25) is 5.91 Å². The molecule has 1 aromatic heterocycles. The van der Waals surface area contributed by atoms with Gasteiger partial charge >= 0.3 is 0 Å². The summed E-state index contributed by atoms with van der Waals surface area (Å²) in [4.78, 5) is 15.9. The van der Waals surface area contributed by atoms with Crippen molar-refractivity contribution in [1.82, 2.24) is 4.98 Å². The smallest absolute Gasteiger partial charge is 0.236 e. The average molecular weight is 298 g/mol. The zero-order chi connectivity index (χ0) is 15.4. The number of aromatic amines is 1. The van der Waals surface area contributed by atoms with E-state index in [9.17, 15) is 4.79 Å². The summed E-state index contributed by atoms with van der Waals surface area (Å²) in [5.41, 5.74) is 5.22. The van der Waals surface area contributed by atoms with Gasteiger partial charge in [-0.1, -0.05) is 42.5 Å². The van der Waals surface area contributed by atoms with E-state index in [1.54, 1.807) is 0 Å². The Morgan fingerprint density at radius 2 is 1.57 bits per heavy atom. The van der Waals surface area contributed by atoms with Gasteiger partial charge in [-0.05, 0) is 35.4 Å². The second-order valence-corrected chi connectivity index (χ2v) is 5.99. The van der Waals surface area contributed by atoms with Crippen LogP contribution < -0.4 is 5.32 Å². The van der Waals surface area contributed by atoms with Crippen LogP contribution in [0.25, 0.3) is 21.8 Å². The van der Waals surface area contributed by atoms with Crippen molar-refractivity contribution < 1.29 is 4.79 Å². The predicted octanol–water partition coefficient (Wildman–Crippen LogP) is 4.41. The SMILES string of the molecule is O=C1Nc2ccccc2C1c1ccc2[nH]c3ccccc3c2c1. The van der Waals surface area contributed by atoms with Gasteiger partial charge in [-0.3, -0.25) is 4.79 Å². The number of hydrogen-bond acceptors (Lipinski definition) is 1. The summed E-state index contributed by atoms with van der Waals surface area (Å²) in [5, 5.41) is 5.33. The first-order chi connectivity index (χ1) is 11.3. The van der Waals surface area contributed by atoms with Gasteiger partial charge < -0.3 is 10.3 Å². The summed E-state index contributed by atoms with van der Waals surface area (Å²) >= 11 is 0. The number of fused-ring (bicyclic) bond motifs is 4. The second-order valence-electron chi connectivity index (χ2n) is 5.99. The normalized spacial score (nSPS) is 16.7. The Bertz CT molecular complexity index is 1080. The predicted molar refractivity (Wildman–Crippen MR) is 92.7 cm³/mol. The Morgan fingerprint density at radius 1 is 0.783 bits per heavy atom. The van der Waals surface area contributed by atoms with Gasteiger partial charge in [0.15, 0.2) is 0 Å². The molecule has 0 saturated heterocycles. The fraction of sp³-hybridized carbons (Fsp3) is 0.0500. The zero-order valence-corrected chi connectivity index (χ0v) is 12.3. The van der Waals surface area contributed by atoms with E-state index in [0.29, 0.717) is 0 Å². The first-order valence-corrected chi connectivity index (χ1v) is 7.71. The molecule has 23 heavy (non-hydrogen) atoms. The number of carbonyl (C=O) groups excluding carboxylic acids is 1. The minimum Gasteiger partial charge on any atom is -0.355 e. The maximum Gasteiger partial charge on any atom is 0.236 e. The summed E-state index contributed by atoms with van der Waals surface area (Å²) in [5.74, 6) is -0.186. The molecule has 3 heteroatoms. The second kappa shape index (κ2) is 4.46. The van der Waals surface area contributed by atoms with E-state index in [-0.39, 0.29) is 11.8 Å². The van der Waals surface area contributed by atoms with Crippen molar-refractivity contribution >= 4 is 33.4 Å². The summed E-state index contributed by atoms with van der Waals surface area (Å²) in [6.07, 6.45) is 0. The number of anilines is 1. The summed E-state index contributed by atoms with van der Waals surface area (Å²) in [6, 6.07) is 22.4. The molecule has 4 aromatic rings. The van der Waals surface area contributed by atoms with Crippen LogP contribution in [0.4, 0.5) is 5.69 Å². The van der Waals surface area contributed by atoms with E-state index < -0.39 is 0 Å². The third-order valence-electron chi connectivity index (χ3n) is 4.66. The standard InChI is InChI=1S/C20H14N2O/c23-20-19(14-6-2-4-8-17(14)22-20)12-9-10-18-15(11-12)13-5-1-3-7-16(13)21-18/h1-11,19,21H,(H,22,23). The molecule has 3 aromatic carbocycles. The first-order valence-electron chi connectivity index (χ1n) is 7.71. The number of carbonyl (C=O) groups is 1. The van der Waals surface area contributed by atoms with Gasteiger partial charge in [-0.15, -0.1) is 0 Å². The van der Waals surface area contributed by atoms with Gasteiger partial charge in [-0.2, -0.15) is 0 Å². The minimum atomic E-state index is -0.232. The van der Waals surface area contributed by atoms with Crippen LogP contribution in [-0.2, 0) is 4.79 Å². The van der Waals surface area contributed by atoms with Crippen molar-refractivity contribution in [3.05, 3.63) is 77.9 Å². The maximum absolute atomic E-state index is 12.5. The number of rotatable bonds is 1. The van der Waals surface area contributed by atoms with Crippen molar-refractivity contribution in [1.29, 1.82) is 0 Å². The Hall–Kier alpha value is -3.07. The van der Waals surface area contributed by atoms with E-state index in [1.807, 2.05) is 42.5 Å². The number of para-hydroxylation sites is 2. The summed E-state index contributed by atoms with van der Waals surface area (Å²) in [6.45, 7) is 0. The first kappa shape index (κ1) is 12.5. The molecule has 0 radical (unpaired) electrons. The number of benzene rings is 3. The number of nitrogens with one attached hydrogen (secondary N) is 2. The lowest BCUT2D eigenvalue weighted by Crippen LogP contribution is -2.13.